The number of piperidine rings is 1. The van der Waals surface area contributed by atoms with E-state index < -0.39 is 0 Å². The maximum absolute atomic E-state index is 12.7. The third-order valence-corrected chi connectivity index (χ3v) is 7.17. The van der Waals surface area contributed by atoms with Crippen LogP contribution in [0.4, 0.5) is 0 Å². The summed E-state index contributed by atoms with van der Waals surface area (Å²) in [4.78, 5) is 27.0. The molecule has 5 nitrogen and oxygen atoms in total. The minimum absolute atomic E-state index is 0.00173. The first-order valence-corrected chi connectivity index (χ1v) is 14.3. The molecule has 1 aromatic rings. The molecule has 0 radical (unpaired) electrons. The molecule has 1 amide bonds. The molecule has 0 N–H and O–H groups in total. The molecule has 1 saturated heterocycles. The van der Waals surface area contributed by atoms with Gasteiger partial charge in [0.05, 0.1) is 19.6 Å². The zero-order chi connectivity index (χ0) is 25.1. The number of hydrogen-bond acceptors (Lipinski definition) is 4. The Balaban J connectivity index is 1.44. The molecule has 1 heterocycles. The van der Waals surface area contributed by atoms with Gasteiger partial charge in [-0.3, -0.25) is 9.59 Å². The Morgan fingerprint density at radius 2 is 1.37 bits per heavy atom. The van der Waals surface area contributed by atoms with E-state index in [2.05, 4.69) is 6.92 Å². The lowest BCUT2D eigenvalue weighted by Gasteiger charge is -2.31. The second kappa shape index (κ2) is 18.3. The maximum Gasteiger partial charge on any atom is 0.309 e. The summed E-state index contributed by atoms with van der Waals surface area (Å²) in [6.45, 7) is 3.98. The minimum atomic E-state index is -0.0897. The lowest BCUT2D eigenvalue weighted by molar-refractivity contribution is -0.150. The number of nitrogens with zero attached hydrogens (tertiary/aromatic N) is 1. The zero-order valence-corrected chi connectivity index (χ0v) is 22.4. The topological polar surface area (TPSA) is 55.8 Å². The van der Waals surface area contributed by atoms with Gasteiger partial charge in [-0.15, -0.1) is 0 Å². The maximum atomic E-state index is 12.7. The van der Waals surface area contributed by atoms with E-state index in [0.717, 1.165) is 12.8 Å². The van der Waals surface area contributed by atoms with Gasteiger partial charge in [-0.25, -0.2) is 0 Å². The minimum Gasteiger partial charge on any atom is -0.497 e. The van der Waals surface area contributed by atoms with Crippen molar-refractivity contribution < 1.29 is 19.1 Å². The Morgan fingerprint density at radius 3 is 1.91 bits per heavy atom. The fourth-order valence-electron chi connectivity index (χ4n) is 4.84. The van der Waals surface area contributed by atoms with Crippen LogP contribution in [-0.4, -0.2) is 43.6 Å². The van der Waals surface area contributed by atoms with Crippen molar-refractivity contribution in [3.8, 4) is 5.75 Å². The van der Waals surface area contributed by atoms with E-state index in [4.69, 9.17) is 9.47 Å². The fourth-order valence-corrected chi connectivity index (χ4v) is 4.84. The van der Waals surface area contributed by atoms with E-state index in [1.165, 1.54) is 77.0 Å². The summed E-state index contributed by atoms with van der Waals surface area (Å²) >= 11 is 0. The monoisotopic (exact) mass is 487 g/mol. The Bertz CT molecular complexity index is 712. The SMILES string of the molecule is CCCCCCCCCCCCCCCCOC(=O)C1CCN(C(=O)c2cccc(OC)c2)CC1. The Kier molecular flexibility index (Phi) is 15.2. The number of unbranched alkanes of at least 4 members (excludes halogenated alkanes) is 13. The largest absolute Gasteiger partial charge is 0.497 e. The summed E-state index contributed by atoms with van der Waals surface area (Å²) < 4.78 is 10.8. The lowest BCUT2D eigenvalue weighted by Crippen LogP contribution is -2.40. The van der Waals surface area contributed by atoms with Gasteiger partial charge in [0, 0.05) is 18.7 Å². The molecule has 1 aliphatic heterocycles. The number of likely N-dealkylation sites (tertiary alicyclic amines) is 1. The molecule has 0 aliphatic carbocycles. The molecule has 0 unspecified atom stereocenters. The third kappa shape index (κ3) is 12.0. The van der Waals surface area contributed by atoms with Gasteiger partial charge in [0.15, 0.2) is 0 Å². The number of rotatable bonds is 18. The number of esters is 1. The summed E-state index contributed by atoms with van der Waals surface area (Å²) in [7, 11) is 1.60. The molecule has 35 heavy (non-hydrogen) atoms. The molecule has 0 atom stereocenters. The first kappa shape index (κ1) is 29.2. The number of methoxy groups -OCH3 is 1. The average molecular weight is 488 g/mol. The molecule has 1 aliphatic rings. The van der Waals surface area contributed by atoms with Gasteiger partial charge in [-0.2, -0.15) is 0 Å². The molecular formula is C30H49NO4. The van der Waals surface area contributed by atoms with Crippen LogP contribution in [0.5, 0.6) is 5.75 Å². The number of ether oxygens (including phenoxy) is 2. The number of benzene rings is 1. The molecule has 198 valence electrons. The van der Waals surface area contributed by atoms with Crippen molar-refractivity contribution in [2.45, 2.75) is 110 Å². The van der Waals surface area contributed by atoms with Crippen LogP contribution in [0.15, 0.2) is 24.3 Å². The van der Waals surface area contributed by atoms with Crippen LogP contribution in [0.1, 0.15) is 120 Å². The highest BCUT2D eigenvalue weighted by Crippen LogP contribution is 2.22. The van der Waals surface area contributed by atoms with Gasteiger partial charge in [0.25, 0.3) is 5.91 Å². The van der Waals surface area contributed by atoms with Crippen LogP contribution in [0.3, 0.4) is 0 Å². The van der Waals surface area contributed by atoms with Crippen molar-refractivity contribution in [1.82, 2.24) is 4.90 Å². The predicted octanol–water partition coefficient (Wildman–Crippen LogP) is 7.57. The number of amides is 1. The van der Waals surface area contributed by atoms with Crippen molar-refractivity contribution in [3.63, 3.8) is 0 Å². The second-order valence-electron chi connectivity index (χ2n) is 10.1. The number of hydrogen-bond donors (Lipinski definition) is 0. The second-order valence-corrected chi connectivity index (χ2v) is 10.1. The molecule has 2 rings (SSSR count). The molecular weight excluding hydrogens is 438 g/mol. The Morgan fingerprint density at radius 1 is 0.829 bits per heavy atom. The van der Waals surface area contributed by atoms with E-state index in [-0.39, 0.29) is 17.8 Å². The highest BCUT2D eigenvalue weighted by atomic mass is 16.5. The van der Waals surface area contributed by atoms with E-state index >= 15 is 0 Å². The summed E-state index contributed by atoms with van der Waals surface area (Å²) in [6, 6.07) is 7.23. The molecule has 0 spiro atoms. The van der Waals surface area contributed by atoms with Gasteiger partial charge >= 0.3 is 5.97 Å². The van der Waals surface area contributed by atoms with Crippen LogP contribution in [0.25, 0.3) is 0 Å². The first-order valence-electron chi connectivity index (χ1n) is 14.3. The van der Waals surface area contributed by atoms with Crippen LogP contribution < -0.4 is 4.74 Å². The van der Waals surface area contributed by atoms with Crippen molar-refractivity contribution >= 4 is 11.9 Å². The van der Waals surface area contributed by atoms with E-state index in [0.29, 0.717) is 43.9 Å². The number of carbonyl (C=O) groups excluding carboxylic acids is 2. The van der Waals surface area contributed by atoms with Crippen LogP contribution in [0, 0.1) is 5.92 Å². The predicted molar refractivity (Wildman–Crippen MR) is 143 cm³/mol. The summed E-state index contributed by atoms with van der Waals surface area (Å²) in [5.74, 6) is 0.500. The van der Waals surface area contributed by atoms with E-state index in [1.54, 1.807) is 13.2 Å². The van der Waals surface area contributed by atoms with Crippen molar-refractivity contribution in [3.05, 3.63) is 29.8 Å². The van der Waals surface area contributed by atoms with Gasteiger partial charge in [-0.05, 0) is 37.5 Å². The average Bonchev–Trinajstić information content (AvgIpc) is 2.90. The first-order chi connectivity index (χ1) is 17.2. The Labute approximate surface area is 213 Å². The highest BCUT2D eigenvalue weighted by Gasteiger charge is 2.28. The normalized spacial score (nSPS) is 14.2. The standard InChI is InChI=1S/C30H49NO4/c1-3-4-5-6-7-8-9-10-11-12-13-14-15-16-24-35-30(33)26-20-22-31(23-21-26)29(32)27-18-17-19-28(25-27)34-2/h17-19,25-26H,3-16,20-24H2,1-2H3. The molecule has 1 fully saturated rings. The van der Waals surface area contributed by atoms with Crippen molar-refractivity contribution in [1.29, 1.82) is 0 Å². The van der Waals surface area contributed by atoms with Crippen molar-refractivity contribution in [2.75, 3.05) is 26.8 Å². The molecule has 0 saturated carbocycles. The molecule has 0 bridgehead atoms. The molecule has 1 aromatic carbocycles. The quantitative estimate of drug-likeness (QED) is 0.158. The summed E-state index contributed by atoms with van der Waals surface area (Å²) in [6.07, 6.45) is 19.8. The lowest BCUT2D eigenvalue weighted by atomic mass is 9.96. The van der Waals surface area contributed by atoms with Crippen molar-refractivity contribution in [2.24, 2.45) is 5.92 Å². The van der Waals surface area contributed by atoms with Crippen LogP contribution in [0.2, 0.25) is 0 Å². The van der Waals surface area contributed by atoms with Gasteiger partial charge in [0.1, 0.15) is 5.75 Å². The Hall–Kier alpha value is -2.04. The number of carbonyl (C=O) groups is 2. The van der Waals surface area contributed by atoms with Crippen LogP contribution >= 0.6 is 0 Å². The molecule has 0 aromatic heterocycles. The smallest absolute Gasteiger partial charge is 0.309 e. The van der Waals surface area contributed by atoms with Gasteiger partial charge in [0.2, 0.25) is 0 Å². The summed E-state index contributed by atoms with van der Waals surface area (Å²) in [5.41, 5.74) is 0.628. The highest BCUT2D eigenvalue weighted by molar-refractivity contribution is 5.94. The summed E-state index contributed by atoms with van der Waals surface area (Å²) in [5, 5.41) is 0. The fraction of sp³-hybridized carbons (Fsp3) is 0.733. The zero-order valence-electron chi connectivity index (χ0n) is 22.4. The van der Waals surface area contributed by atoms with E-state index in [1.807, 2.05) is 23.1 Å². The van der Waals surface area contributed by atoms with Gasteiger partial charge < -0.3 is 14.4 Å². The third-order valence-electron chi connectivity index (χ3n) is 7.17. The van der Waals surface area contributed by atoms with E-state index in [9.17, 15) is 9.59 Å². The van der Waals surface area contributed by atoms with Crippen LogP contribution in [-0.2, 0) is 9.53 Å². The molecule has 5 heteroatoms. The van der Waals surface area contributed by atoms with Gasteiger partial charge in [-0.1, -0.05) is 96.5 Å².